The van der Waals surface area contributed by atoms with Gasteiger partial charge in [-0.25, -0.2) is 4.79 Å². The molecule has 0 spiro atoms. The van der Waals surface area contributed by atoms with Crippen LogP contribution in [0.15, 0.2) is 4.52 Å². The standard InChI is InChI=1S/C19H31N5O3/c1-19(2,3)17-21-15(27-22-17)13-20-18(26)24-11-5-4-7-14(24)9-12-23-10-6-8-16(23)25/h14H,4-13H2,1-3H3,(H,20,26)/t14-/m1/s1. The highest BCUT2D eigenvalue weighted by Gasteiger charge is 2.29. The molecule has 0 saturated carbocycles. The minimum atomic E-state index is -0.184. The highest BCUT2D eigenvalue weighted by molar-refractivity contribution is 5.78. The number of aromatic nitrogens is 2. The van der Waals surface area contributed by atoms with Gasteiger partial charge in [-0.05, 0) is 32.1 Å². The number of hydrogen-bond donors (Lipinski definition) is 1. The quantitative estimate of drug-likeness (QED) is 0.851. The van der Waals surface area contributed by atoms with Crippen LogP contribution in [-0.2, 0) is 16.8 Å². The molecule has 2 aliphatic heterocycles. The first kappa shape index (κ1) is 19.6. The fraction of sp³-hybridized carbons (Fsp3) is 0.789. The van der Waals surface area contributed by atoms with Gasteiger partial charge in [0.25, 0.3) is 0 Å². The zero-order valence-corrected chi connectivity index (χ0v) is 16.7. The van der Waals surface area contributed by atoms with Gasteiger partial charge < -0.3 is 19.6 Å². The maximum atomic E-state index is 12.7. The summed E-state index contributed by atoms with van der Waals surface area (Å²) < 4.78 is 5.24. The van der Waals surface area contributed by atoms with E-state index in [2.05, 4.69) is 15.5 Å². The fourth-order valence-electron chi connectivity index (χ4n) is 3.70. The number of urea groups is 1. The van der Waals surface area contributed by atoms with Crippen molar-refractivity contribution in [2.75, 3.05) is 19.6 Å². The summed E-state index contributed by atoms with van der Waals surface area (Å²) in [6.45, 7) is 8.63. The molecule has 1 atom stereocenters. The van der Waals surface area contributed by atoms with E-state index in [1.807, 2.05) is 30.6 Å². The van der Waals surface area contributed by atoms with Gasteiger partial charge in [0.2, 0.25) is 11.8 Å². The van der Waals surface area contributed by atoms with Crippen molar-refractivity contribution >= 4 is 11.9 Å². The van der Waals surface area contributed by atoms with Crippen molar-refractivity contribution < 1.29 is 14.1 Å². The molecule has 1 aromatic rings. The van der Waals surface area contributed by atoms with Gasteiger partial charge in [0.15, 0.2) is 5.82 Å². The molecule has 27 heavy (non-hydrogen) atoms. The number of rotatable bonds is 5. The minimum absolute atomic E-state index is 0.0945. The summed E-state index contributed by atoms with van der Waals surface area (Å²) >= 11 is 0. The molecule has 0 aliphatic carbocycles. The van der Waals surface area contributed by atoms with E-state index in [0.29, 0.717) is 18.1 Å². The number of nitrogens with zero attached hydrogens (tertiary/aromatic N) is 4. The molecule has 1 aromatic heterocycles. The van der Waals surface area contributed by atoms with Crippen LogP contribution >= 0.6 is 0 Å². The van der Waals surface area contributed by atoms with Gasteiger partial charge in [-0.15, -0.1) is 0 Å². The molecule has 0 unspecified atom stereocenters. The van der Waals surface area contributed by atoms with Gasteiger partial charge in [-0.3, -0.25) is 4.79 Å². The second kappa shape index (κ2) is 8.27. The third-order valence-corrected chi connectivity index (χ3v) is 5.32. The summed E-state index contributed by atoms with van der Waals surface area (Å²) in [4.78, 5) is 32.7. The Hall–Kier alpha value is -2.12. The van der Waals surface area contributed by atoms with Crippen LogP contribution in [0.1, 0.15) is 71.0 Å². The molecule has 0 aromatic carbocycles. The van der Waals surface area contributed by atoms with E-state index in [1.165, 1.54) is 0 Å². The van der Waals surface area contributed by atoms with E-state index >= 15 is 0 Å². The molecule has 2 fully saturated rings. The average Bonchev–Trinajstić information content (AvgIpc) is 3.27. The molecule has 0 radical (unpaired) electrons. The molecule has 0 bridgehead atoms. The molecule has 1 N–H and O–H groups in total. The van der Waals surface area contributed by atoms with Crippen molar-refractivity contribution in [2.45, 2.75) is 77.3 Å². The second-order valence-corrected chi connectivity index (χ2v) is 8.54. The maximum Gasteiger partial charge on any atom is 0.318 e. The Kier molecular flexibility index (Phi) is 6.01. The topological polar surface area (TPSA) is 91.6 Å². The summed E-state index contributed by atoms with van der Waals surface area (Å²) in [5.41, 5.74) is -0.184. The summed E-state index contributed by atoms with van der Waals surface area (Å²) in [5, 5.41) is 6.90. The predicted octanol–water partition coefficient (Wildman–Crippen LogP) is 2.44. The van der Waals surface area contributed by atoms with Crippen molar-refractivity contribution in [1.82, 2.24) is 25.3 Å². The largest absolute Gasteiger partial charge is 0.343 e. The molecule has 3 amide bonds. The summed E-state index contributed by atoms with van der Waals surface area (Å²) in [5.74, 6) is 1.30. The van der Waals surface area contributed by atoms with Gasteiger partial charge >= 0.3 is 6.03 Å². The second-order valence-electron chi connectivity index (χ2n) is 8.54. The third-order valence-electron chi connectivity index (χ3n) is 5.32. The van der Waals surface area contributed by atoms with Crippen LogP contribution in [0.3, 0.4) is 0 Å². The van der Waals surface area contributed by atoms with E-state index in [-0.39, 0.29) is 29.9 Å². The molecule has 150 valence electrons. The Bertz CT molecular complexity index is 667. The number of amides is 3. The van der Waals surface area contributed by atoms with Gasteiger partial charge in [-0.2, -0.15) is 4.98 Å². The van der Waals surface area contributed by atoms with Crippen molar-refractivity contribution in [3.63, 3.8) is 0 Å². The van der Waals surface area contributed by atoms with Crippen molar-refractivity contribution in [3.05, 3.63) is 11.7 Å². The number of hydrogen-bond acceptors (Lipinski definition) is 5. The zero-order chi connectivity index (χ0) is 19.4. The Morgan fingerprint density at radius 1 is 1.26 bits per heavy atom. The van der Waals surface area contributed by atoms with Crippen LogP contribution in [0, 0.1) is 0 Å². The SMILES string of the molecule is CC(C)(C)c1noc(CNC(=O)N2CCCC[C@@H]2CCN2CCCC2=O)n1. The average molecular weight is 377 g/mol. The number of nitrogens with one attached hydrogen (secondary N) is 1. The number of carbonyl (C=O) groups is 2. The first-order chi connectivity index (χ1) is 12.8. The lowest BCUT2D eigenvalue weighted by Crippen LogP contribution is -2.49. The number of likely N-dealkylation sites (tertiary alicyclic amines) is 2. The monoisotopic (exact) mass is 377 g/mol. The number of carbonyl (C=O) groups excluding carboxylic acids is 2. The van der Waals surface area contributed by atoms with Crippen LogP contribution in [-0.4, -0.2) is 57.6 Å². The minimum Gasteiger partial charge on any atom is -0.343 e. The van der Waals surface area contributed by atoms with Crippen LogP contribution in [0.25, 0.3) is 0 Å². The smallest absolute Gasteiger partial charge is 0.318 e. The fourth-order valence-corrected chi connectivity index (χ4v) is 3.70. The Morgan fingerprint density at radius 2 is 2.07 bits per heavy atom. The Morgan fingerprint density at radius 3 is 2.74 bits per heavy atom. The lowest BCUT2D eigenvalue weighted by Gasteiger charge is -2.36. The third kappa shape index (κ3) is 4.99. The first-order valence-corrected chi connectivity index (χ1v) is 10.00. The van der Waals surface area contributed by atoms with Crippen LogP contribution in [0.2, 0.25) is 0 Å². The molecule has 2 saturated heterocycles. The lowest BCUT2D eigenvalue weighted by atomic mass is 9.96. The van der Waals surface area contributed by atoms with E-state index in [9.17, 15) is 9.59 Å². The summed E-state index contributed by atoms with van der Waals surface area (Å²) in [6, 6.07) is 0.0860. The molecule has 3 heterocycles. The van der Waals surface area contributed by atoms with E-state index in [0.717, 1.165) is 51.7 Å². The summed E-state index contributed by atoms with van der Waals surface area (Å²) in [7, 11) is 0. The zero-order valence-electron chi connectivity index (χ0n) is 16.7. The van der Waals surface area contributed by atoms with Gasteiger partial charge in [-0.1, -0.05) is 25.9 Å². The van der Waals surface area contributed by atoms with Crippen LogP contribution < -0.4 is 5.32 Å². The molecule has 8 nitrogen and oxygen atoms in total. The van der Waals surface area contributed by atoms with Gasteiger partial charge in [0, 0.05) is 37.5 Å². The van der Waals surface area contributed by atoms with Gasteiger partial charge in [0.1, 0.15) is 0 Å². The van der Waals surface area contributed by atoms with Crippen LogP contribution in [0.5, 0.6) is 0 Å². The highest BCUT2D eigenvalue weighted by Crippen LogP contribution is 2.22. The summed E-state index contributed by atoms with van der Waals surface area (Å²) in [6.07, 6.45) is 5.59. The van der Waals surface area contributed by atoms with E-state index in [1.54, 1.807) is 0 Å². The van der Waals surface area contributed by atoms with Crippen molar-refractivity contribution in [3.8, 4) is 0 Å². The molecule has 2 aliphatic rings. The van der Waals surface area contributed by atoms with Crippen molar-refractivity contribution in [2.24, 2.45) is 0 Å². The molecule has 3 rings (SSSR count). The number of piperidine rings is 1. The molecular weight excluding hydrogens is 346 g/mol. The van der Waals surface area contributed by atoms with Crippen LogP contribution in [0.4, 0.5) is 4.79 Å². The normalized spacial score (nSPS) is 21.0. The molecular formula is C19H31N5O3. The maximum absolute atomic E-state index is 12.7. The predicted molar refractivity (Wildman–Crippen MR) is 100 cm³/mol. The Labute approximate surface area is 160 Å². The van der Waals surface area contributed by atoms with E-state index < -0.39 is 0 Å². The molecule has 8 heteroatoms. The Balaban J connectivity index is 1.52. The van der Waals surface area contributed by atoms with E-state index in [4.69, 9.17) is 4.52 Å². The van der Waals surface area contributed by atoms with Gasteiger partial charge in [0.05, 0.1) is 6.54 Å². The van der Waals surface area contributed by atoms with Crippen molar-refractivity contribution in [1.29, 1.82) is 0 Å². The highest BCUT2D eigenvalue weighted by atomic mass is 16.5. The first-order valence-electron chi connectivity index (χ1n) is 10.00. The lowest BCUT2D eigenvalue weighted by molar-refractivity contribution is -0.127.